The zero-order valence-corrected chi connectivity index (χ0v) is 22.8. The molecule has 2 aromatic heterocycles. The molecule has 0 fully saturated rings. The summed E-state index contributed by atoms with van der Waals surface area (Å²) in [6, 6.07) is 5.34. The molecule has 0 saturated carbocycles. The summed E-state index contributed by atoms with van der Waals surface area (Å²) >= 11 is 0. The van der Waals surface area contributed by atoms with Gasteiger partial charge in [-0.1, -0.05) is 52.7 Å². The molecule has 3 atom stereocenters. The van der Waals surface area contributed by atoms with E-state index in [0.717, 1.165) is 18.6 Å². The fraction of sp³-hybridized carbons (Fsp3) is 0.481. The van der Waals surface area contributed by atoms with Crippen molar-refractivity contribution in [2.45, 2.75) is 77.9 Å². The van der Waals surface area contributed by atoms with Gasteiger partial charge in [-0.15, -0.1) is 0 Å². The van der Waals surface area contributed by atoms with Gasteiger partial charge in [0.2, 0.25) is 0 Å². The molecule has 0 radical (unpaired) electrons. The third kappa shape index (κ3) is 8.57. The quantitative estimate of drug-likeness (QED) is 0.259. The number of imidazole rings is 1. The molecule has 10 nitrogen and oxygen atoms in total. The predicted molar refractivity (Wildman–Crippen MR) is 142 cm³/mol. The van der Waals surface area contributed by atoms with Gasteiger partial charge in [0.25, 0.3) is 5.91 Å². The number of aliphatic hydroxyl groups excluding tert-OH is 1. The largest absolute Gasteiger partial charge is 0.444 e. The molecule has 0 aliphatic rings. The fourth-order valence-electron chi connectivity index (χ4n) is 3.88. The van der Waals surface area contributed by atoms with Crippen molar-refractivity contribution in [3.05, 3.63) is 54.6 Å². The number of aliphatic hydroxyl groups is 1. The van der Waals surface area contributed by atoms with Crippen LogP contribution < -0.4 is 10.6 Å². The number of hydrogen-bond donors (Lipinski definition) is 4. The second-order valence-corrected chi connectivity index (χ2v) is 10.6. The summed E-state index contributed by atoms with van der Waals surface area (Å²) in [5, 5.41) is 22.1. The van der Waals surface area contributed by atoms with Crippen molar-refractivity contribution < 1.29 is 32.6 Å². The van der Waals surface area contributed by atoms with Crippen molar-refractivity contribution in [2.24, 2.45) is 5.41 Å². The number of carbonyl (C=O) groups excluding carboxylic acids is 2. The minimum absolute atomic E-state index is 0.215. The summed E-state index contributed by atoms with van der Waals surface area (Å²) in [5.74, 6) is -0.392. The molecule has 3 aromatic rings. The normalized spacial score (nSPS) is 14.3. The first-order valence-electron chi connectivity index (χ1n) is 12.9. The van der Waals surface area contributed by atoms with Gasteiger partial charge in [-0.3, -0.25) is 9.89 Å². The smallest absolute Gasteiger partial charge is 0.416 e. The molecule has 40 heavy (non-hydrogen) atoms. The average molecular weight is 565 g/mol. The second-order valence-electron chi connectivity index (χ2n) is 10.6. The van der Waals surface area contributed by atoms with E-state index in [2.05, 4.69) is 25.8 Å². The number of rotatable bonds is 11. The van der Waals surface area contributed by atoms with Crippen LogP contribution in [0.5, 0.6) is 0 Å². The lowest BCUT2D eigenvalue weighted by Gasteiger charge is -2.31. The summed E-state index contributed by atoms with van der Waals surface area (Å²) in [6.07, 6.45) is -0.981. The lowest BCUT2D eigenvalue weighted by atomic mass is 9.89. The monoisotopic (exact) mass is 564 g/mol. The zero-order valence-electron chi connectivity index (χ0n) is 22.8. The van der Waals surface area contributed by atoms with Gasteiger partial charge in [0.1, 0.15) is 11.9 Å². The second kappa shape index (κ2) is 13.0. The number of anilines is 1. The number of alkyl halides is 3. The molecule has 0 unspecified atom stereocenters. The number of hydrogen-bond acceptors (Lipinski definition) is 6. The van der Waals surface area contributed by atoms with E-state index in [1.807, 2.05) is 27.7 Å². The lowest BCUT2D eigenvalue weighted by Crippen LogP contribution is -2.50. The molecule has 1 aromatic carbocycles. The van der Waals surface area contributed by atoms with Gasteiger partial charge in [-0.05, 0) is 18.6 Å². The standard InChI is InChI=1S/C27H35F3N6O4/c1-5-6-7-19(23(37)24(38)34-22-12-13-32-35-22)33-25(39)40-21(26(2,3)4)15-36-14-20(31-16-36)17-8-10-18(11-9-17)27(28,29)30/h8-14,16,19,21,23,37H,5-7,15H2,1-4H3,(H,33,39)(H2,32,34,35,38)/t19-,21+,23-/m0/s1. The van der Waals surface area contributed by atoms with Gasteiger partial charge in [-0.2, -0.15) is 18.3 Å². The van der Waals surface area contributed by atoms with Gasteiger partial charge in [-0.25, -0.2) is 9.78 Å². The highest BCUT2D eigenvalue weighted by Gasteiger charge is 2.33. The van der Waals surface area contributed by atoms with E-state index < -0.39 is 47.4 Å². The fourth-order valence-corrected chi connectivity index (χ4v) is 3.88. The van der Waals surface area contributed by atoms with Crippen LogP contribution in [-0.2, 0) is 22.3 Å². The van der Waals surface area contributed by atoms with E-state index in [4.69, 9.17) is 4.74 Å². The van der Waals surface area contributed by atoms with Crippen molar-refractivity contribution in [3.63, 3.8) is 0 Å². The van der Waals surface area contributed by atoms with Gasteiger partial charge in [0.15, 0.2) is 6.10 Å². The van der Waals surface area contributed by atoms with Crippen molar-refractivity contribution in [1.29, 1.82) is 0 Å². The molecule has 3 rings (SSSR count). The number of nitrogens with one attached hydrogen (secondary N) is 3. The number of alkyl carbamates (subject to hydrolysis) is 1. The first-order valence-corrected chi connectivity index (χ1v) is 12.9. The Morgan fingerprint density at radius 2 is 1.85 bits per heavy atom. The summed E-state index contributed by atoms with van der Waals surface area (Å²) in [7, 11) is 0. The van der Waals surface area contributed by atoms with Crippen LogP contribution in [0, 0.1) is 5.41 Å². The molecular weight excluding hydrogens is 529 g/mol. The maximum atomic E-state index is 12.9. The van der Waals surface area contributed by atoms with Crippen LogP contribution in [0.15, 0.2) is 49.1 Å². The molecule has 2 amide bonds. The van der Waals surface area contributed by atoms with Crippen molar-refractivity contribution in [2.75, 3.05) is 5.32 Å². The Morgan fingerprint density at radius 3 is 2.42 bits per heavy atom. The zero-order chi connectivity index (χ0) is 29.5. The summed E-state index contributed by atoms with van der Waals surface area (Å²) in [6.45, 7) is 7.83. The predicted octanol–water partition coefficient (Wildman–Crippen LogP) is 4.99. The van der Waals surface area contributed by atoms with Crippen LogP contribution in [0.2, 0.25) is 0 Å². The van der Waals surface area contributed by atoms with Crippen LogP contribution >= 0.6 is 0 Å². The molecular formula is C27H35F3N6O4. The Hall–Kier alpha value is -3.87. The summed E-state index contributed by atoms with van der Waals surface area (Å²) in [4.78, 5) is 29.8. The Kier molecular flexibility index (Phi) is 9.96. The van der Waals surface area contributed by atoms with Crippen LogP contribution in [-0.4, -0.2) is 55.1 Å². The van der Waals surface area contributed by atoms with Crippen LogP contribution in [0.3, 0.4) is 0 Å². The van der Waals surface area contributed by atoms with E-state index in [1.165, 1.54) is 30.7 Å². The third-order valence-corrected chi connectivity index (χ3v) is 6.31. The Morgan fingerprint density at radius 1 is 1.15 bits per heavy atom. The van der Waals surface area contributed by atoms with Gasteiger partial charge in [0.05, 0.1) is 36.4 Å². The maximum absolute atomic E-state index is 12.9. The van der Waals surface area contributed by atoms with E-state index in [1.54, 1.807) is 10.8 Å². The average Bonchev–Trinajstić information content (AvgIpc) is 3.57. The van der Waals surface area contributed by atoms with E-state index in [-0.39, 0.29) is 6.54 Å². The van der Waals surface area contributed by atoms with Crippen LogP contribution in [0.1, 0.15) is 52.5 Å². The van der Waals surface area contributed by atoms with Gasteiger partial charge in [0, 0.05) is 23.2 Å². The SMILES string of the molecule is CCCC[C@H](NC(=O)O[C@H](Cn1cnc(-c2ccc(C(F)(F)F)cc2)c1)C(C)(C)C)[C@H](O)C(=O)Nc1ccn[nH]1. The molecule has 0 bridgehead atoms. The lowest BCUT2D eigenvalue weighted by molar-refractivity contribution is -0.137. The van der Waals surface area contributed by atoms with Crippen LogP contribution in [0.4, 0.5) is 23.8 Å². The first kappa shape index (κ1) is 30.7. The Labute approximate surface area is 230 Å². The van der Waals surface area contributed by atoms with Crippen LogP contribution in [0.25, 0.3) is 11.3 Å². The number of nitrogens with zero attached hydrogens (tertiary/aromatic N) is 3. The molecule has 4 N–H and O–H groups in total. The minimum atomic E-state index is -4.43. The number of amides is 2. The van der Waals surface area contributed by atoms with Crippen molar-refractivity contribution >= 4 is 17.8 Å². The number of aromatic amines is 1. The minimum Gasteiger partial charge on any atom is -0.444 e. The van der Waals surface area contributed by atoms with E-state index in [0.29, 0.717) is 29.9 Å². The molecule has 0 saturated heterocycles. The molecule has 0 spiro atoms. The molecule has 218 valence electrons. The van der Waals surface area contributed by atoms with Crippen molar-refractivity contribution in [3.8, 4) is 11.3 Å². The number of aromatic nitrogens is 4. The van der Waals surface area contributed by atoms with Gasteiger partial charge < -0.3 is 25.0 Å². The topological polar surface area (TPSA) is 134 Å². The highest BCUT2D eigenvalue weighted by molar-refractivity contribution is 5.94. The number of unbranched alkanes of at least 4 members (excludes halogenated alkanes) is 1. The number of carbonyl (C=O) groups is 2. The number of H-pyrrole nitrogens is 1. The van der Waals surface area contributed by atoms with Crippen molar-refractivity contribution in [1.82, 2.24) is 25.1 Å². The Balaban J connectivity index is 1.67. The number of ether oxygens (including phenoxy) is 1. The molecule has 0 aliphatic heterocycles. The van der Waals surface area contributed by atoms with E-state index >= 15 is 0 Å². The highest BCUT2D eigenvalue weighted by atomic mass is 19.4. The summed E-state index contributed by atoms with van der Waals surface area (Å²) < 4.78 is 46.1. The number of halogens is 3. The first-order chi connectivity index (χ1) is 18.8. The van der Waals surface area contributed by atoms with E-state index in [9.17, 15) is 27.9 Å². The Bertz CT molecular complexity index is 1240. The number of benzene rings is 1. The molecule has 0 aliphatic carbocycles. The maximum Gasteiger partial charge on any atom is 0.416 e. The third-order valence-electron chi connectivity index (χ3n) is 6.31. The molecule has 13 heteroatoms. The highest BCUT2D eigenvalue weighted by Crippen LogP contribution is 2.31. The van der Waals surface area contributed by atoms with Gasteiger partial charge >= 0.3 is 12.3 Å². The molecule has 2 heterocycles. The summed E-state index contributed by atoms with van der Waals surface area (Å²) in [5.41, 5.74) is -0.272.